The highest BCUT2D eigenvalue weighted by Crippen LogP contribution is 2.38. The molecule has 0 amide bonds. The fourth-order valence-corrected chi connectivity index (χ4v) is 4.52. The Balaban J connectivity index is 2.41. The quantitative estimate of drug-likeness (QED) is 0.584. The molecule has 0 bridgehead atoms. The maximum absolute atomic E-state index is 12.8. The first-order valence-corrected chi connectivity index (χ1v) is 9.74. The van der Waals surface area contributed by atoms with Crippen molar-refractivity contribution in [3.8, 4) is 6.07 Å². The van der Waals surface area contributed by atoms with Crippen LogP contribution in [0.25, 0.3) is 11.0 Å². The van der Waals surface area contributed by atoms with E-state index in [1.807, 2.05) is 26.8 Å². The van der Waals surface area contributed by atoms with Crippen LogP contribution in [0, 0.1) is 11.3 Å². The van der Waals surface area contributed by atoms with E-state index >= 15 is 0 Å². The zero-order chi connectivity index (χ0) is 20.1. The van der Waals surface area contributed by atoms with Gasteiger partial charge in [-0.3, -0.25) is 13.9 Å². The van der Waals surface area contributed by atoms with Gasteiger partial charge in [0.1, 0.15) is 32.1 Å². The van der Waals surface area contributed by atoms with E-state index in [1.54, 1.807) is 7.05 Å². The van der Waals surface area contributed by atoms with Crippen LogP contribution in [0.2, 0.25) is 5.15 Å². The summed E-state index contributed by atoms with van der Waals surface area (Å²) in [5.41, 5.74) is -0.896. The molecule has 0 unspecified atom stereocenters. The summed E-state index contributed by atoms with van der Waals surface area (Å²) in [7, 11) is 2.96. The summed E-state index contributed by atoms with van der Waals surface area (Å²) in [5.74, 6) is 0.481. The van der Waals surface area contributed by atoms with E-state index < -0.39 is 16.7 Å². The Hall–Kier alpha value is -2.22. The minimum absolute atomic E-state index is 0.111. The van der Waals surface area contributed by atoms with Crippen molar-refractivity contribution in [2.75, 3.05) is 0 Å². The second-order valence-electron chi connectivity index (χ2n) is 6.86. The minimum Gasteiger partial charge on any atom is -0.280 e. The lowest BCUT2D eigenvalue weighted by Gasteiger charge is -2.19. The van der Waals surface area contributed by atoms with Gasteiger partial charge in [0.25, 0.3) is 5.56 Å². The molecule has 140 valence electrons. The molecule has 11 heteroatoms. The molecule has 27 heavy (non-hydrogen) atoms. The first-order valence-electron chi connectivity index (χ1n) is 7.77. The van der Waals surface area contributed by atoms with Crippen LogP contribution in [0.4, 0.5) is 0 Å². The van der Waals surface area contributed by atoms with Crippen molar-refractivity contribution >= 4 is 45.9 Å². The predicted molar refractivity (Wildman–Crippen MR) is 105 cm³/mol. The van der Waals surface area contributed by atoms with Crippen molar-refractivity contribution in [3.05, 3.63) is 37.4 Å². The summed E-state index contributed by atoms with van der Waals surface area (Å²) in [6.07, 6.45) is 0. The summed E-state index contributed by atoms with van der Waals surface area (Å²) in [6.45, 7) is 5.81. The average Bonchev–Trinajstić information content (AvgIpc) is 2.96. The Morgan fingerprint density at radius 3 is 2.44 bits per heavy atom. The Bertz CT molecular complexity index is 1230. The molecule has 0 aromatic carbocycles. The monoisotopic (exact) mass is 422 g/mol. The molecular formula is C16H15ClN6O2S2. The van der Waals surface area contributed by atoms with Gasteiger partial charge in [-0.05, 0) is 11.5 Å². The van der Waals surface area contributed by atoms with Crippen molar-refractivity contribution in [1.82, 2.24) is 23.5 Å². The second-order valence-corrected chi connectivity index (χ2v) is 9.25. The summed E-state index contributed by atoms with van der Waals surface area (Å²) < 4.78 is 6.85. The fourth-order valence-electron chi connectivity index (χ4n) is 2.34. The molecule has 0 saturated carbocycles. The number of hydrogen-bond donors (Lipinski definition) is 0. The van der Waals surface area contributed by atoms with Gasteiger partial charge >= 0.3 is 5.69 Å². The van der Waals surface area contributed by atoms with Crippen LogP contribution in [0.1, 0.15) is 32.2 Å². The van der Waals surface area contributed by atoms with Crippen molar-refractivity contribution in [2.45, 2.75) is 35.4 Å². The number of nitrogens with zero attached hydrogens (tertiary/aromatic N) is 6. The molecule has 3 heterocycles. The van der Waals surface area contributed by atoms with E-state index in [0.29, 0.717) is 15.1 Å². The Morgan fingerprint density at radius 1 is 1.19 bits per heavy atom. The highest BCUT2D eigenvalue weighted by atomic mass is 35.5. The van der Waals surface area contributed by atoms with Crippen molar-refractivity contribution in [3.63, 3.8) is 0 Å². The topological polar surface area (TPSA) is 106 Å². The van der Waals surface area contributed by atoms with Crippen LogP contribution in [0.15, 0.2) is 18.8 Å². The van der Waals surface area contributed by atoms with Crippen molar-refractivity contribution in [2.24, 2.45) is 14.1 Å². The lowest BCUT2D eigenvalue weighted by molar-refractivity contribution is 0.539. The van der Waals surface area contributed by atoms with Crippen molar-refractivity contribution < 1.29 is 0 Å². The van der Waals surface area contributed by atoms with Gasteiger partial charge in [-0.15, -0.1) is 0 Å². The predicted octanol–water partition coefficient (Wildman–Crippen LogP) is 2.46. The van der Waals surface area contributed by atoms with Gasteiger partial charge in [0.15, 0.2) is 10.8 Å². The second kappa shape index (κ2) is 6.74. The lowest BCUT2D eigenvalue weighted by Crippen LogP contribution is -2.38. The number of fused-ring (bicyclic) bond motifs is 1. The fraction of sp³-hybridized carbons (Fsp3) is 0.375. The third-order valence-corrected chi connectivity index (χ3v) is 6.23. The molecular weight excluding hydrogens is 408 g/mol. The molecule has 8 nitrogen and oxygen atoms in total. The molecule has 0 fully saturated rings. The van der Waals surface area contributed by atoms with E-state index in [2.05, 4.69) is 14.3 Å². The van der Waals surface area contributed by atoms with E-state index in [0.717, 1.165) is 27.9 Å². The summed E-state index contributed by atoms with van der Waals surface area (Å²) in [5, 5.41) is 10.0. The van der Waals surface area contributed by atoms with Crippen LogP contribution in [-0.4, -0.2) is 23.5 Å². The maximum atomic E-state index is 12.8. The smallest absolute Gasteiger partial charge is 0.280 e. The standard InChI is InChI=1S/C16H15ClN6O2S2/c1-16(2,3)14-19-10-8(12(24)23(5)15(25)22(10)4)11(20-14)26-13-7(6-18)9(17)21-27-13/h1-5H3. The lowest BCUT2D eigenvalue weighted by atomic mass is 9.96. The Morgan fingerprint density at radius 2 is 1.85 bits per heavy atom. The molecule has 0 spiro atoms. The van der Waals surface area contributed by atoms with Crippen LogP contribution < -0.4 is 11.2 Å². The van der Waals surface area contributed by atoms with Gasteiger partial charge < -0.3 is 0 Å². The normalized spacial score (nSPS) is 11.7. The van der Waals surface area contributed by atoms with Gasteiger partial charge in [0.05, 0.1) is 0 Å². The SMILES string of the molecule is Cn1c(=O)c2c(Sc3snc(Cl)c3C#N)nc(C(C)(C)C)nc2n(C)c1=O. The van der Waals surface area contributed by atoms with Gasteiger partial charge in [-0.2, -0.15) is 9.64 Å². The van der Waals surface area contributed by atoms with Crippen LogP contribution in [0.5, 0.6) is 0 Å². The molecule has 0 saturated heterocycles. The number of hydrogen-bond acceptors (Lipinski definition) is 8. The number of rotatable bonds is 2. The number of halogens is 1. The third-order valence-electron chi connectivity index (χ3n) is 3.86. The molecule has 0 atom stereocenters. The molecule has 0 aliphatic heterocycles. The maximum Gasteiger partial charge on any atom is 0.332 e. The first-order chi connectivity index (χ1) is 12.6. The Kier molecular flexibility index (Phi) is 4.88. The number of aromatic nitrogens is 5. The summed E-state index contributed by atoms with van der Waals surface area (Å²) in [6, 6.07) is 2.02. The van der Waals surface area contributed by atoms with E-state index in [9.17, 15) is 14.9 Å². The highest BCUT2D eigenvalue weighted by molar-refractivity contribution is 8.01. The summed E-state index contributed by atoms with van der Waals surface area (Å²) in [4.78, 5) is 34.2. The largest absolute Gasteiger partial charge is 0.332 e. The highest BCUT2D eigenvalue weighted by Gasteiger charge is 2.25. The average molecular weight is 423 g/mol. The zero-order valence-electron chi connectivity index (χ0n) is 15.2. The van der Waals surface area contributed by atoms with Gasteiger partial charge in [0, 0.05) is 19.5 Å². The van der Waals surface area contributed by atoms with Gasteiger partial charge in [-0.1, -0.05) is 44.1 Å². The molecule has 3 aromatic rings. The third kappa shape index (κ3) is 3.26. The minimum atomic E-state index is -0.495. The Labute approximate surface area is 167 Å². The molecule has 3 aromatic heterocycles. The molecule has 0 aliphatic carbocycles. The zero-order valence-corrected chi connectivity index (χ0v) is 17.6. The van der Waals surface area contributed by atoms with Crippen LogP contribution in [-0.2, 0) is 19.5 Å². The van der Waals surface area contributed by atoms with E-state index in [1.165, 1.54) is 11.6 Å². The van der Waals surface area contributed by atoms with Crippen LogP contribution in [0.3, 0.4) is 0 Å². The molecule has 0 radical (unpaired) electrons. The van der Waals surface area contributed by atoms with Gasteiger partial charge in [0.2, 0.25) is 0 Å². The molecule has 0 N–H and O–H groups in total. The molecule has 3 rings (SSSR count). The van der Waals surface area contributed by atoms with Gasteiger partial charge in [-0.25, -0.2) is 14.8 Å². The van der Waals surface area contributed by atoms with Crippen molar-refractivity contribution in [1.29, 1.82) is 5.26 Å². The first kappa shape index (κ1) is 19.5. The number of nitriles is 1. The van der Waals surface area contributed by atoms with E-state index in [4.69, 9.17) is 11.6 Å². The van der Waals surface area contributed by atoms with E-state index in [-0.39, 0.29) is 21.7 Å². The van der Waals surface area contributed by atoms with Crippen LogP contribution >= 0.6 is 34.9 Å². The summed E-state index contributed by atoms with van der Waals surface area (Å²) >= 11 is 8.14. The molecule has 0 aliphatic rings. The number of aryl methyl sites for hydroxylation is 1.